The Balaban J connectivity index is 1.76. The minimum Gasteiger partial charge on any atom is -0.489 e. The number of rotatable bonds is 7. The number of aliphatic hydroxyl groups is 1. The zero-order chi connectivity index (χ0) is 28.4. The number of benzene rings is 3. The first-order valence-corrected chi connectivity index (χ1v) is 13.8. The van der Waals surface area contributed by atoms with Crippen molar-refractivity contribution >= 4 is 21.5 Å². The van der Waals surface area contributed by atoms with Crippen LogP contribution in [0, 0.1) is 6.92 Å². The lowest BCUT2D eigenvalue weighted by atomic mass is 9.76. The fourth-order valence-electron chi connectivity index (χ4n) is 4.49. The summed E-state index contributed by atoms with van der Waals surface area (Å²) >= 11 is 0. The Labute approximate surface area is 224 Å². The Morgan fingerprint density at radius 1 is 1.05 bits per heavy atom. The summed E-state index contributed by atoms with van der Waals surface area (Å²) in [4.78, 5) is 12.9. The number of ether oxygens (including phenoxy) is 1. The standard InChI is InChI=1S/C28H27F3N2O5S/c1-18-8-10-20(11-9-18)23-16-27(28(29,30)31,32-25(34)24(23)26(35)33-39(2,36)37)21-12-14-22(15-13-21)38-17-19-6-4-3-5-7-19/h3-15,25,32,34H,16-17H2,1-2H3,(H,33,35)/t25?,27-/m0/s1. The second-order valence-electron chi connectivity index (χ2n) is 9.39. The minimum absolute atomic E-state index is 0.135. The maximum atomic E-state index is 14.9. The van der Waals surface area contributed by atoms with Crippen molar-refractivity contribution in [3.05, 3.63) is 107 Å². The number of carbonyl (C=O) groups excluding carboxylic acids is 1. The zero-order valence-electron chi connectivity index (χ0n) is 21.1. The lowest BCUT2D eigenvalue weighted by Crippen LogP contribution is -2.61. The third-order valence-electron chi connectivity index (χ3n) is 6.43. The van der Waals surface area contributed by atoms with Crippen LogP contribution < -0.4 is 14.8 Å². The highest BCUT2D eigenvalue weighted by molar-refractivity contribution is 7.89. The van der Waals surface area contributed by atoms with Crippen LogP contribution in [-0.2, 0) is 27.0 Å². The smallest absolute Gasteiger partial charge is 0.411 e. The molecule has 11 heteroatoms. The van der Waals surface area contributed by atoms with E-state index in [9.17, 15) is 31.5 Å². The third-order valence-corrected chi connectivity index (χ3v) is 6.98. The average molecular weight is 561 g/mol. The van der Waals surface area contributed by atoms with E-state index in [0.29, 0.717) is 5.75 Å². The third kappa shape index (κ3) is 6.32. The van der Waals surface area contributed by atoms with Crippen molar-refractivity contribution in [2.24, 2.45) is 0 Å². The lowest BCUT2D eigenvalue weighted by molar-refractivity contribution is -0.209. The van der Waals surface area contributed by atoms with Crippen LogP contribution >= 0.6 is 0 Å². The molecule has 2 atom stereocenters. The van der Waals surface area contributed by atoms with Crippen LogP contribution in [0.5, 0.6) is 5.75 Å². The molecule has 0 spiro atoms. The first-order valence-electron chi connectivity index (χ1n) is 11.9. The molecule has 3 aromatic rings. The van der Waals surface area contributed by atoms with Gasteiger partial charge in [-0.15, -0.1) is 0 Å². The molecule has 7 nitrogen and oxygen atoms in total. The van der Waals surface area contributed by atoms with Gasteiger partial charge >= 0.3 is 6.18 Å². The van der Waals surface area contributed by atoms with Gasteiger partial charge in [0.25, 0.3) is 5.91 Å². The number of aryl methyl sites for hydroxylation is 1. The van der Waals surface area contributed by atoms with Crippen LogP contribution in [0.3, 0.4) is 0 Å². The van der Waals surface area contributed by atoms with E-state index in [-0.39, 0.29) is 23.3 Å². The van der Waals surface area contributed by atoms with Crippen molar-refractivity contribution in [1.82, 2.24) is 10.0 Å². The number of hydrogen-bond acceptors (Lipinski definition) is 6. The van der Waals surface area contributed by atoms with Crippen LogP contribution in [0.15, 0.2) is 84.4 Å². The van der Waals surface area contributed by atoms with Gasteiger partial charge in [-0.05, 0) is 41.3 Å². The SMILES string of the molecule is Cc1ccc(C2=C(C(=O)NS(C)(=O)=O)C(O)N[C@@](c3ccc(OCc4ccccc4)cc3)(C(F)(F)F)C2)cc1. The van der Waals surface area contributed by atoms with Gasteiger partial charge < -0.3 is 9.84 Å². The highest BCUT2D eigenvalue weighted by atomic mass is 32.2. The molecule has 3 aromatic carbocycles. The van der Waals surface area contributed by atoms with E-state index in [4.69, 9.17) is 4.74 Å². The monoisotopic (exact) mass is 560 g/mol. The zero-order valence-corrected chi connectivity index (χ0v) is 21.9. The number of alkyl halides is 3. The van der Waals surface area contributed by atoms with Gasteiger partial charge in [-0.3, -0.25) is 10.1 Å². The Morgan fingerprint density at radius 2 is 1.67 bits per heavy atom. The van der Waals surface area contributed by atoms with Crippen molar-refractivity contribution in [2.75, 3.05) is 6.26 Å². The second kappa shape index (κ2) is 10.8. The van der Waals surface area contributed by atoms with Crippen LogP contribution in [0.4, 0.5) is 13.2 Å². The molecule has 39 heavy (non-hydrogen) atoms. The Kier molecular flexibility index (Phi) is 7.87. The quantitative estimate of drug-likeness (QED) is 0.401. The van der Waals surface area contributed by atoms with Gasteiger partial charge in [-0.25, -0.2) is 13.1 Å². The van der Waals surface area contributed by atoms with Crippen molar-refractivity contribution in [3.63, 3.8) is 0 Å². The first-order chi connectivity index (χ1) is 18.3. The summed E-state index contributed by atoms with van der Waals surface area (Å²) in [5.41, 5.74) is -1.69. The summed E-state index contributed by atoms with van der Waals surface area (Å²) in [5.74, 6) is -0.868. The fraction of sp³-hybridized carbons (Fsp3) is 0.250. The Bertz CT molecular complexity index is 1470. The van der Waals surface area contributed by atoms with E-state index in [1.165, 1.54) is 36.4 Å². The molecule has 0 bridgehead atoms. The highest BCUT2D eigenvalue weighted by Gasteiger charge is 2.59. The molecule has 0 aliphatic carbocycles. The fourth-order valence-corrected chi connectivity index (χ4v) is 4.93. The number of hydrogen-bond donors (Lipinski definition) is 3. The molecule has 4 rings (SSSR count). The van der Waals surface area contributed by atoms with E-state index in [2.05, 4.69) is 5.32 Å². The molecule has 0 saturated heterocycles. The van der Waals surface area contributed by atoms with Crippen molar-refractivity contribution in [2.45, 2.75) is 37.9 Å². The first kappa shape index (κ1) is 28.3. The molecule has 0 fully saturated rings. The van der Waals surface area contributed by atoms with Crippen molar-refractivity contribution in [3.8, 4) is 5.75 Å². The number of sulfonamides is 1. The van der Waals surface area contributed by atoms with Crippen molar-refractivity contribution in [1.29, 1.82) is 0 Å². The summed E-state index contributed by atoms with van der Waals surface area (Å²) in [7, 11) is -4.06. The molecule has 0 aromatic heterocycles. The molecule has 1 aliphatic heterocycles. The van der Waals surface area contributed by atoms with E-state index in [1.807, 2.05) is 30.3 Å². The summed E-state index contributed by atoms with van der Waals surface area (Å²) in [6, 6.07) is 20.9. The second-order valence-corrected chi connectivity index (χ2v) is 11.1. The number of aliphatic hydroxyl groups excluding tert-OH is 1. The summed E-state index contributed by atoms with van der Waals surface area (Å²) < 4.78 is 75.4. The summed E-state index contributed by atoms with van der Waals surface area (Å²) in [6.45, 7) is 2.01. The largest absolute Gasteiger partial charge is 0.489 e. The molecule has 206 valence electrons. The predicted octanol–water partition coefficient (Wildman–Crippen LogP) is 4.17. The minimum atomic E-state index is -4.92. The lowest BCUT2D eigenvalue weighted by Gasteiger charge is -2.44. The van der Waals surface area contributed by atoms with Gasteiger partial charge in [0.2, 0.25) is 10.0 Å². The molecule has 0 radical (unpaired) electrons. The number of amides is 1. The normalized spacial score (nSPS) is 20.0. The molecule has 0 saturated carbocycles. The topological polar surface area (TPSA) is 105 Å². The number of nitrogens with one attached hydrogen (secondary N) is 2. The van der Waals surface area contributed by atoms with E-state index in [1.54, 1.807) is 23.8 Å². The van der Waals surface area contributed by atoms with Crippen LogP contribution in [-0.4, -0.2) is 38.1 Å². The molecule has 1 unspecified atom stereocenters. The van der Waals surface area contributed by atoms with Crippen LogP contribution in [0.25, 0.3) is 5.57 Å². The number of carbonyl (C=O) groups is 1. The van der Waals surface area contributed by atoms with Gasteiger partial charge in [0.15, 0.2) is 0 Å². The molecule has 1 aliphatic rings. The maximum Gasteiger partial charge on any atom is 0.411 e. The van der Waals surface area contributed by atoms with E-state index in [0.717, 1.165) is 17.4 Å². The highest BCUT2D eigenvalue weighted by Crippen LogP contribution is 2.49. The van der Waals surface area contributed by atoms with Gasteiger partial charge in [-0.2, -0.15) is 13.2 Å². The Hall–Kier alpha value is -3.67. The predicted molar refractivity (Wildman–Crippen MR) is 140 cm³/mol. The van der Waals surface area contributed by atoms with Gasteiger partial charge in [0, 0.05) is 6.42 Å². The van der Waals surface area contributed by atoms with Crippen LogP contribution in [0.1, 0.15) is 28.7 Å². The molecular weight excluding hydrogens is 533 g/mol. The molecule has 1 heterocycles. The molecule has 1 amide bonds. The molecular formula is C28H27F3N2O5S. The summed E-state index contributed by atoms with van der Waals surface area (Å²) in [6.07, 6.45) is -7.10. The van der Waals surface area contributed by atoms with E-state index < -0.39 is 45.9 Å². The maximum absolute atomic E-state index is 14.9. The van der Waals surface area contributed by atoms with Gasteiger partial charge in [0.1, 0.15) is 24.1 Å². The molecule has 3 N–H and O–H groups in total. The van der Waals surface area contributed by atoms with Crippen LogP contribution in [0.2, 0.25) is 0 Å². The van der Waals surface area contributed by atoms with E-state index >= 15 is 0 Å². The Morgan fingerprint density at radius 3 is 2.23 bits per heavy atom. The number of halogens is 3. The van der Waals surface area contributed by atoms with Gasteiger partial charge in [0.05, 0.1) is 11.8 Å². The average Bonchev–Trinajstić information content (AvgIpc) is 2.86. The van der Waals surface area contributed by atoms with Crippen molar-refractivity contribution < 1.29 is 36.2 Å². The van der Waals surface area contributed by atoms with Gasteiger partial charge in [-0.1, -0.05) is 72.3 Å². The summed E-state index contributed by atoms with van der Waals surface area (Å²) in [5, 5.41) is 13.1.